The fourth-order valence-corrected chi connectivity index (χ4v) is 0.948. The molecule has 0 bridgehead atoms. The van der Waals surface area contributed by atoms with Crippen molar-refractivity contribution in [3.8, 4) is 0 Å². The van der Waals surface area contributed by atoms with Crippen molar-refractivity contribution in [1.29, 1.82) is 0 Å². The van der Waals surface area contributed by atoms with Crippen LogP contribution in [-0.4, -0.2) is 77.8 Å². The van der Waals surface area contributed by atoms with Crippen LogP contribution in [0.3, 0.4) is 0 Å². The lowest BCUT2D eigenvalue weighted by molar-refractivity contribution is -0.181. The standard InChI is InChI=1S/C10H18O9/c11-1-2-17-3-4-18-6-9(14)19-8(13)5-7(12)10(15)16/h7,9,11-12,14H,1-6H2,(H,15,16). The largest absolute Gasteiger partial charge is 0.479 e. The third kappa shape index (κ3) is 10.4. The van der Waals surface area contributed by atoms with Crippen molar-refractivity contribution in [2.75, 3.05) is 33.0 Å². The fourth-order valence-electron chi connectivity index (χ4n) is 0.948. The van der Waals surface area contributed by atoms with Crippen molar-refractivity contribution < 1.29 is 44.2 Å². The highest BCUT2D eigenvalue weighted by atomic mass is 16.7. The Morgan fingerprint density at radius 2 is 1.68 bits per heavy atom. The first-order valence-corrected chi connectivity index (χ1v) is 5.52. The first-order valence-electron chi connectivity index (χ1n) is 5.52. The van der Waals surface area contributed by atoms with E-state index < -0.39 is 30.8 Å². The molecule has 0 heterocycles. The molecule has 0 aromatic rings. The molecule has 9 nitrogen and oxygen atoms in total. The summed E-state index contributed by atoms with van der Waals surface area (Å²) in [6.45, 7) is 0.100. The van der Waals surface area contributed by atoms with Gasteiger partial charge in [-0.25, -0.2) is 4.79 Å². The number of hydrogen-bond donors (Lipinski definition) is 4. The highest BCUT2D eigenvalue weighted by Crippen LogP contribution is 1.98. The average molecular weight is 282 g/mol. The normalized spacial score (nSPS) is 13.8. The van der Waals surface area contributed by atoms with Gasteiger partial charge in [0.2, 0.25) is 6.29 Å². The van der Waals surface area contributed by atoms with Gasteiger partial charge < -0.3 is 34.6 Å². The Morgan fingerprint density at radius 3 is 2.26 bits per heavy atom. The van der Waals surface area contributed by atoms with E-state index >= 15 is 0 Å². The van der Waals surface area contributed by atoms with Crippen LogP contribution in [0.2, 0.25) is 0 Å². The first kappa shape index (κ1) is 17.7. The van der Waals surface area contributed by atoms with Crippen LogP contribution in [-0.2, 0) is 23.8 Å². The van der Waals surface area contributed by atoms with Crippen LogP contribution in [0.1, 0.15) is 6.42 Å². The smallest absolute Gasteiger partial charge is 0.333 e. The van der Waals surface area contributed by atoms with Gasteiger partial charge in [-0.3, -0.25) is 4.79 Å². The molecule has 112 valence electrons. The minimum absolute atomic E-state index is 0.105. The van der Waals surface area contributed by atoms with Crippen LogP contribution >= 0.6 is 0 Å². The summed E-state index contributed by atoms with van der Waals surface area (Å²) >= 11 is 0. The molecular weight excluding hydrogens is 264 g/mol. The number of carbonyl (C=O) groups excluding carboxylic acids is 1. The third-order valence-corrected chi connectivity index (χ3v) is 1.78. The lowest BCUT2D eigenvalue weighted by Crippen LogP contribution is -2.29. The second-order valence-corrected chi connectivity index (χ2v) is 3.41. The third-order valence-electron chi connectivity index (χ3n) is 1.78. The van der Waals surface area contributed by atoms with Crippen LogP contribution in [0.25, 0.3) is 0 Å². The number of carbonyl (C=O) groups is 2. The summed E-state index contributed by atoms with van der Waals surface area (Å²) in [6, 6.07) is 0. The van der Waals surface area contributed by atoms with Crippen LogP contribution in [0.5, 0.6) is 0 Å². The zero-order valence-corrected chi connectivity index (χ0v) is 10.2. The molecule has 0 rings (SSSR count). The lowest BCUT2D eigenvalue weighted by Gasteiger charge is -2.13. The van der Waals surface area contributed by atoms with Crippen LogP contribution in [0, 0.1) is 0 Å². The maximum absolute atomic E-state index is 11.0. The Bertz CT molecular complexity index is 268. The molecule has 0 spiro atoms. The van der Waals surface area contributed by atoms with Gasteiger partial charge in [0.1, 0.15) is 6.61 Å². The van der Waals surface area contributed by atoms with Crippen molar-refractivity contribution in [3.63, 3.8) is 0 Å². The summed E-state index contributed by atoms with van der Waals surface area (Å²) in [5.41, 5.74) is 0. The van der Waals surface area contributed by atoms with Gasteiger partial charge in [-0.2, -0.15) is 0 Å². The van der Waals surface area contributed by atoms with E-state index in [0.29, 0.717) is 0 Å². The molecule has 19 heavy (non-hydrogen) atoms. The number of carboxylic acid groups (broad SMARTS) is 1. The van der Waals surface area contributed by atoms with Gasteiger partial charge in [-0.15, -0.1) is 0 Å². The first-order chi connectivity index (χ1) is 8.97. The molecular formula is C10H18O9. The number of ether oxygens (including phenoxy) is 3. The minimum atomic E-state index is -1.87. The van der Waals surface area contributed by atoms with Gasteiger partial charge in [0.15, 0.2) is 6.10 Å². The summed E-state index contributed by atoms with van der Waals surface area (Å²) in [7, 11) is 0. The van der Waals surface area contributed by atoms with Gasteiger partial charge in [0, 0.05) is 0 Å². The van der Waals surface area contributed by atoms with E-state index in [2.05, 4.69) is 4.74 Å². The van der Waals surface area contributed by atoms with E-state index in [-0.39, 0.29) is 33.0 Å². The Labute approximate surface area is 109 Å². The number of rotatable bonds is 11. The maximum Gasteiger partial charge on any atom is 0.333 e. The van der Waals surface area contributed by atoms with Crippen LogP contribution < -0.4 is 0 Å². The predicted octanol–water partition coefficient (Wildman–Crippen LogP) is -2.29. The Morgan fingerprint density at radius 1 is 1.05 bits per heavy atom. The number of aliphatic carboxylic acids is 1. The molecule has 0 saturated carbocycles. The SMILES string of the molecule is O=C(CC(O)C(=O)O)OC(O)COCCOCCO. The van der Waals surface area contributed by atoms with E-state index in [4.69, 9.17) is 24.8 Å². The summed E-state index contributed by atoms with van der Waals surface area (Å²) in [6.07, 6.45) is -4.18. The summed E-state index contributed by atoms with van der Waals surface area (Å²) in [4.78, 5) is 21.3. The van der Waals surface area contributed by atoms with E-state index in [1.807, 2.05) is 0 Å². The number of carboxylic acids is 1. The quantitative estimate of drug-likeness (QED) is 0.187. The average Bonchev–Trinajstić information content (AvgIpc) is 2.33. The second kappa shape index (κ2) is 10.6. The van der Waals surface area contributed by atoms with Gasteiger partial charge in [-0.05, 0) is 0 Å². The molecule has 0 saturated heterocycles. The molecule has 0 radical (unpaired) electrons. The Balaban J connectivity index is 3.59. The fraction of sp³-hybridized carbons (Fsp3) is 0.800. The summed E-state index contributed by atoms with van der Waals surface area (Å²) < 4.78 is 14.1. The van der Waals surface area contributed by atoms with Gasteiger partial charge >= 0.3 is 11.9 Å². The maximum atomic E-state index is 11.0. The molecule has 0 aromatic heterocycles. The molecule has 9 heteroatoms. The Kier molecular flexibility index (Phi) is 9.94. The molecule has 0 amide bonds. The van der Waals surface area contributed by atoms with Crippen molar-refractivity contribution in [3.05, 3.63) is 0 Å². The molecule has 2 atom stereocenters. The van der Waals surface area contributed by atoms with Crippen molar-refractivity contribution >= 4 is 11.9 Å². The van der Waals surface area contributed by atoms with Crippen molar-refractivity contribution in [2.24, 2.45) is 0 Å². The highest BCUT2D eigenvalue weighted by molar-refractivity contribution is 5.80. The lowest BCUT2D eigenvalue weighted by atomic mass is 10.2. The second-order valence-electron chi connectivity index (χ2n) is 3.41. The Hall–Kier alpha value is -1.26. The predicted molar refractivity (Wildman–Crippen MR) is 59.1 cm³/mol. The number of hydrogen-bond acceptors (Lipinski definition) is 8. The summed E-state index contributed by atoms with van der Waals surface area (Å²) in [5, 5.41) is 34.8. The number of esters is 1. The monoisotopic (exact) mass is 282 g/mol. The molecule has 0 aliphatic rings. The highest BCUT2D eigenvalue weighted by Gasteiger charge is 2.20. The molecule has 0 aromatic carbocycles. The van der Waals surface area contributed by atoms with E-state index in [9.17, 15) is 14.7 Å². The van der Waals surface area contributed by atoms with E-state index in [1.54, 1.807) is 0 Å². The van der Waals surface area contributed by atoms with Gasteiger partial charge in [-0.1, -0.05) is 0 Å². The molecule has 2 unspecified atom stereocenters. The van der Waals surface area contributed by atoms with E-state index in [1.165, 1.54) is 0 Å². The zero-order valence-electron chi connectivity index (χ0n) is 10.2. The number of aliphatic hydroxyl groups excluding tert-OH is 3. The van der Waals surface area contributed by atoms with Gasteiger partial charge in [0.05, 0.1) is 32.8 Å². The van der Waals surface area contributed by atoms with Crippen LogP contribution in [0.4, 0.5) is 0 Å². The number of aliphatic hydroxyl groups is 3. The topological polar surface area (TPSA) is 143 Å². The van der Waals surface area contributed by atoms with Gasteiger partial charge in [0.25, 0.3) is 0 Å². The van der Waals surface area contributed by atoms with Crippen molar-refractivity contribution in [1.82, 2.24) is 0 Å². The minimum Gasteiger partial charge on any atom is -0.479 e. The molecule has 0 fully saturated rings. The van der Waals surface area contributed by atoms with Crippen molar-refractivity contribution in [2.45, 2.75) is 18.8 Å². The molecule has 4 N–H and O–H groups in total. The molecule has 0 aliphatic carbocycles. The molecule has 0 aliphatic heterocycles. The zero-order chi connectivity index (χ0) is 14.7. The summed E-state index contributed by atoms with van der Waals surface area (Å²) in [5.74, 6) is -2.61. The van der Waals surface area contributed by atoms with Crippen LogP contribution in [0.15, 0.2) is 0 Å². The van der Waals surface area contributed by atoms with E-state index in [0.717, 1.165) is 0 Å².